The normalized spacial score (nSPS) is 10.8. The zero-order chi connectivity index (χ0) is 10.8. The second-order valence-electron chi connectivity index (χ2n) is 2.62. The molecule has 1 N–H and O–H groups in total. The lowest BCUT2D eigenvalue weighted by Crippen LogP contribution is -2.08. The second kappa shape index (κ2) is 3.58. The summed E-state index contributed by atoms with van der Waals surface area (Å²) in [5, 5.41) is 11.2. The molecule has 74 valence electrons. The minimum atomic E-state index is -4.47. The number of anilines is 1. The average Bonchev–Trinajstić information content (AvgIpc) is 2.15. The monoisotopic (exact) mass is 200 g/mol. The van der Waals surface area contributed by atoms with E-state index in [0.29, 0.717) is 5.69 Å². The first-order valence-electron chi connectivity index (χ1n) is 3.78. The summed E-state index contributed by atoms with van der Waals surface area (Å²) in [6.07, 6.45) is -4.47. The molecule has 0 bridgehead atoms. The SMILES string of the molecule is CNc1ccc(C(F)(F)F)c(C#N)c1. The molecule has 2 nitrogen and oxygen atoms in total. The number of nitrogens with one attached hydrogen (secondary N) is 1. The van der Waals surface area contributed by atoms with Crippen molar-refractivity contribution in [1.29, 1.82) is 5.26 Å². The Labute approximate surface area is 79.0 Å². The van der Waals surface area contributed by atoms with Crippen molar-refractivity contribution in [3.63, 3.8) is 0 Å². The van der Waals surface area contributed by atoms with Gasteiger partial charge in [-0.2, -0.15) is 18.4 Å². The molecule has 0 aliphatic rings. The molecule has 0 aliphatic heterocycles. The van der Waals surface area contributed by atoms with Crippen LogP contribution in [0.25, 0.3) is 0 Å². The number of rotatable bonds is 1. The molecule has 0 saturated heterocycles. The highest BCUT2D eigenvalue weighted by Gasteiger charge is 2.33. The number of hydrogen-bond donors (Lipinski definition) is 1. The minimum Gasteiger partial charge on any atom is -0.388 e. The van der Waals surface area contributed by atoms with Gasteiger partial charge in [0.15, 0.2) is 0 Å². The van der Waals surface area contributed by atoms with E-state index < -0.39 is 11.7 Å². The molecule has 0 aromatic heterocycles. The van der Waals surface area contributed by atoms with Gasteiger partial charge >= 0.3 is 6.18 Å². The van der Waals surface area contributed by atoms with Crippen molar-refractivity contribution in [1.82, 2.24) is 0 Å². The van der Waals surface area contributed by atoms with Crippen LogP contribution in [0, 0.1) is 11.3 Å². The maximum absolute atomic E-state index is 12.3. The molecule has 0 unspecified atom stereocenters. The summed E-state index contributed by atoms with van der Waals surface area (Å²) in [6.45, 7) is 0. The summed E-state index contributed by atoms with van der Waals surface area (Å²) in [4.78, 5) is 0. The van der Waals surface area contributed by atoms with Crippen molar-refractivity contribution < 1.29 is 13.2 Å². The van der Waals surface area contributed by atoms with E-state index in [0.717, 1.165) is 6.07 Å². The molecule has 1 aromatic carbocycles. The highest BCUT2D eigenvalue weighted by molar-refractivity contribution is 5.53. The van der Waals surface area contributed by atoms with E-state index in [2.05, 4.69) is 5.32 Å². The van der Waals surface area contributed by atoms with E-state index in [1.54, 1.807) is 7.05 Å². The third-order valence-electron chi connectivity index (χ3n) is 1.73. The maximum atomic E-state index is 12.3. The van der Waals surface area contributed by atoms with Crippen molar-refractivity contribution in [2.45, 2.75) is 6.18 Å². The standard InChI is InChI=1S/C9H7F3N2/c1-14-7-2-3-8(9(10,11)12)6(4-7)5-13/h2-4,14H,1H3. The van der Waals surface area contributed by atoms with Crippen molar-refractivity contribution in [2.24, 2.45) is 0 Å². The summed E-state index contributed by atoms with van der Waals surface area (Å²) < 4.78 is 36.9. The molecule has 0 fully saturated rings. The van der Waals surface area contributed by atoms with Gasteiger partial charge in [0.2, 0.25) is 0 Å². The maximum Gasteiger partial charge on any atom is 0.417 e. The molecule has 0 amide bonds. The smallest absolute Gasteiger partial charge is 0.388 e. The summed E-state index contributed by atoms with van der Waals surface area (Å²) in [7, 11) is 1.57. The molecule has 0 heterocycles. The van der Waals surface area contributed by atoms with E-state index >= 15 is 0 Å². The van der Waals surface area contributed by atoms with E-state index in [-0.39, 0.29) is 5.56 Å². The Morgan fingerprint density at radius 2 is 2.00 bits per heavy atom. The van der Waals surface area contributed by atoms with Crippen LogP contribution in [0.1, 0.15) is 11.1 Å². The lowest BCUT2D eigenvalue weighted by molar-refractivity contribution is -0.137. The number of benzene rings is 1. The van der Waals surface area contributed by atoms with Crippen LogP contribution in [0.15, 0.2) is 18.2 Å². The van der Waals surface area contributed by atoms with Gasteiger partial charge in [-0.05, 0) is 18.2 Å². The average molecular weight is 200 g/mol. The number of halogens is 3. The van der Waals surface area contributed by atoms with Crippen LogP contribution in [0.5, 0.6) is 0 Å². The number of nitrogens with zero attached hydrogens (tertiary/aromatic N) is 1. The van der Waals surface area contributed by atoms with E-state index in [1.807, 2.05) is 0 Å². The Bertz CT molecular complexity index is 377. The van der Waals surface area contributed by atoms with Gasteiger partial charge in [0.25, 0.3) is 0 Å². The zero-order valence-electron chi connectivity index (χ0n) is 7.31. The predicted octanol–water partition coefficient (Wildman–Crippen LogP) is 2.62. The lowest BCUT2D eigenvalue weighted by Gasteiger charge is -2.09. The summed E-state index contributed by atoms with van der Waals surface area (Å²) in [6, 6.07) is 4.86. The molecule has 1 rings (SSSR count). The van der Waals surface area contributed by atoms with Crippen molar-refractivity contribution in [2.75, 3.05) is 12.4 Å². The van der Waals surface area contributed by atoms with Crippen LogP contribution >= 0.6 is 0 Å². The highest BCUT2D eigenvalue weighted by Crippen LogP contribution is 2.32. The van der Waals surface area contributed by atoms with Gasteiger partial charge in [-0.1, -0.05) is 0 Å². The van der Waals surface area contributed by atoms with Crippen LogP contribution in [-0.4, -0.2) is 7.05 Å². The van der Waals surface area contributed by atoms with Crippen LogP contribution < -0.4 is 5.32 Å². The van der Waals surface area contributed by atoms with Crippen molar-refractivity contribution in [3.05, 3.63) is 29.3 Å². The molecule has 0 saturated carbocycles. The second-order valence-corrected chi connectivity index (χ2v) is 2.62. The molecule has 0 atom stereocenters. The highest BCUT2D eigenvalue weighted by atomic mass is 19.4. The van der Waals surface area contributed by atoms with Crippen LogP contribution in [0.3, 0.4) is 0 Å². The number of hydrogen-bond acceptors (Lipinski definition) is 2. The first kappa shape index (κ1) is 10.4. The van der Waals surface area contributed by atoms with Gasteiger partial charge in [-0.3, -0.25) is 0 Å². The fourth-order valence-corrected chi connectivity index (χ4v) is 1.04. The molecular weight excluding hydrogens is 193 g/mol. The van der Waals surface area contributed by atoms with Gasteiger partial charge < -0.3 is 5.32 Å². The Balaban J connectivity index is 3.28. The number of alkyl halides is 3. The van der Waals surface area contributed by atoms with Crippen LogP contribution in [0.4, 0.5) is 18.9 Å². The Hall–Kier alpha value is -1.70. The van der Waals surface area contributed by atoms with Gasteiger partial charge in [0.1, 0.15) is 0 Å². The largest absolute Gasteiger partial charge is 0.417 e. The van der Waals surface area contributed by atoms with Gasteiger partial charge in [-0.25, -0.2) is 0 Å². The van der Waals surface area contributed by atoms with E-state index in [9.17, 15) is 13.2 Å². The molecule has 0 aliphatic carbocycles. The quantitative estimate of drug-likeness (QED) is 0.756. The molecule has 1 aromatic rings. The Kier molecular flexibility index (Phi) is 2.65. The first-order chi connectivity index (χ1) is 6.49. The predicted molar refractivity (Wildman–Crippen MR) is 45.7 cm³/mol. The van der Waals surface area contributed by atoms with Gasteiger partial charge in [0.05, 0.1) is 17.2 Å². The summed E-state index contributed by atoms with van der Waals surface area (Å²) in [5.41, 5.74) is -0.794. The van der Waals surface area contributed by atoms with Crippen molar-refractivity contribution in [3.8, 4) is 6.07 Å². The Morgan fingerprint density at radius 3 is 2.43 bits per heavy atom. The van der Waals surface area contributed by atoms with E-state index in [4.69, 9.17) is 5.26 Å². The minimum absolute atomic E-state index is 0.371. The topological polar surface area (TPSA) is 35.8 Å². The molecule has 0 radical (unpaired) electrons. The molecule has 14 heavy (non-hydrogen) atoms. The fraction of sp³-hybridized carbons (Fsp3) is 0.222. The summed E-state index contributed by atoms with van der Waals surface area (Å²) in [5.74, 6) is 0. The molecule has 0 spiro atoms. The Morgan fingerprint density at radius 1 is 1.36 bits per heavy atom. The van der Waals surface area contributed by atoms with Gasteiger partial charge in [-0.15, -0.1) is 0 Å². The van der Waals surface area contributed by atoms with Gasteiger partial charge in [0, 0.05) is 12.7 Å². The van der Waals surface area contributed by atoms with Crippen LogP contribution in [0.2, 0.25) is 0 Å². The van der Waals surface area contributed by atoms with Crippen LogP contribution in [-0.2, 0) is 6.18 Å². The molecule has 5 heteroatoms. The number of nitriles is 1. The fourth-order valence-electron chi connectivity index (χ4n) is 1.04. The third kappa shape index (κ3) is 1.96. The molecular formula is C9H7F3N2. The first-order valence-corrected chi connectivity index (χ1v) is 3.78. The lowest BCUT2D eigenvalue weighted by atomic mass is 10.1. The van der Waals surface area contributed by atoms with E-state index in [1.165, 1.54) is 18.2 Å². The third-order valence-corrected chi connectivity index (χ3v) is 1.73. The zero-order valence-corrected chi connectivity index (χ0v) is 7.31. The van der Waals surface area contributed by atoms with Crippen molar-refractivity contribution >= 4 is 5.69 Å². The summed E-state index contributed by atoms with van der Waals surface area (Å²) >= 11 is 0.